The molecule has 0 heterocycles. The van der Waals surface area contributed by atoms with Gasteiger partial charge < -0.3 is 9.84 Å². The van der Waals surface area contributed by atoms with Crippen molar-refractivity contribution in [2.24, 2.45) is 0 Å². The minimum atomic E-state index is -4.94. The molecule has 0 spiro atoms. The lowest BCUT2D eigenvalue weighted by Crippen LogP contribution is -2.18. The van der Waals surface area contributed by atoms with E-state index in [1.165, 1.54) is 6.92 Å². The van der Waals surface area contributed by atoms with Gasteiger partial charge in [0.25, 0.3) is 0 Å². The molecule has 0 aliphatic rings. The Morgan fingerprint density at radius 1 is 1.29 bits per heavy atom. The van der Waals surface area contributed by atoms with Crippen LogP contribution in [0.5, 0.6) is 11.5 Å². The minimum Gasteiger partial charge on any atom is -0.508 e. The Bertz CT molecular complexity index is 346. The molecule has 0 bridgehead atoms. The zero-order valence-corrected chi connectivity index (χ0v) is 7.02. The van der Waals surface area contributed by atoms with Crippen LogP contribution in [0.15, 0.2) is 12.1 Å². The number of phenols is 1. The first-order valence-corrected chi connectivity index (χ1v) is 3.54. The second kappa shape index (κ2) is 3.36. The van der Waals surface area contributed by atoms with E-state index in [0.717, 1.165) is 6.07 Å². The lowest BCUT2D eigenvalue weighted by Gasteiger charge is -2.10. The van der Waals surface area contributed by atoms with Gasteiger partial charge >= 0.3 is 6.36 Å². The zero-order valence-electron chi connectivity index (χ0n) is 7.02. The van der Waals surface area contributed by atoms with E-state index in [2.05, 4.69) is 4.74 Å². The van der Waals surface area contributed by atoms with Crippen molar-refractivity contribution >= 4 is 0 Å². The van der Waals surface area contributed by atoms with E-state index in [1.807, 2.05) is 0 Å². The average Bonchev–Trinajstić information content (AvgIpc) is 1.97. The normalized spacial score (nSPS) is 11.5. The Hall–Kier alpha value is -1.46. The maximum Gasteiger partial charge on any atom is 0.573 e. The molecule has 0 saturated carbocycles. The van der Waals surface area contributed by atoms with Crippen molar-refractivity contribution in [3.63, 3.8) is 0 Å². The van der Waals surface area contributed by atoms with Gasteiger partial charge in [-0.1, -0.05) is 0 Å². The third kappa shape index (κ3) is 2.51. The topological polar surface area (TPSA) is 29.5 Å². The van der Waals surface area contributed by atoms with Crippen LogP contribution in [0.2, 0.25) is 0 Å². The summed E-state index contributed by atoms with van der Waals surface area (Å²) in [5.41, 5.74) is 0.102. The van der Waals surface area contributed by atoms with E-state index < -0.39 is 23.7 Å². The number of alkyl halides is 3. The molecule has 0 amide bonds. The van der Waals surface area contributed by atoms with Gasteiger partial charge in [0.05, 0.1) is 0 Å². The Balaban J connectivity index is 3.04. The molecule has 0 fully saturated rings. The van der Waals surface area contributed by atoms with Crippen LogP contribution in [-0.4, -0.2) is 11.5 Å². The Morgan fingerprint density at radius 3 is 2.36 bits per heavy atom. The van der Waals surface area contributed by atoms with Crippen LogP contribution in [-0.2, 0) is 0 Å². The number of rotatable bonds is 1. The highest BCUT2D eigenvalue weighted by Crippen LogP contribution is 2.30. The molecule has 14 heavy (non-hydrogen) atoms. The van der Waals surface area contributed by atoms with Crippen molar-refractivity contribution in [1.29, 1.82) is 0 Å². The SMILES string of the molecule is Cc1cc(OC(F)(F)F)c(F)cc1O. The van der Waals surface area contributed by atoms with Crippen molar-refractivity contribution < 1.29 is 27.4 Å². The van der Waals surface area contributed by atoms with Gasteiger partial charge in [0.15, 0.2) is 11.6 Å². The summed E-state index contributed by atoms with van der Waals surface area (Å²) in [4.78, 5) is 0. The summed E-state index contributed by atoms with van der Waals surface area (Å²) >= 11 is 0. The summed E-state index contributed by atoms with van der Waals surface area (Å²) in [5, 5.41) is 8.95. The van der Waals surface area contributed by atoms with E-state index in [4.69, 9.17) is 5.11 Å². The van der Waals surface area contributed by atoms with Gasteiger partial charge in [-0.3, -0.25) is 0 Å². The summed E-state index contributed by atoms with van der Waals surface area (Å²) in [5.74, 6) is -2.63. The van der Waals surface area contributed by atoms with Gasteiger partial charge in [-0.2, -0.15) is 0 Å². The van der Waals surface area contributed by atoms with Gasteiger partial charge in [-0.25, -0.2) is 4.39 Å². The summed E-state index contributed by atoms with van der Waals surface area (Å²) in [6.07, 6.45) is -4.94. The zero-order chi connectivity index (χ0) is 10.9. The number of halogens is 4. The van der Waals surface area contributed by atoms with Crippen molar-refractivity contribution in [3.8, 4) is 11.5 Å². The first kappa shape index (κ1) is 10.6. The Morgan fingerprint density at radius 2 is 1.86 bits per heavy atom. The number of hydrogen-bond acceptors (Lipinski definition) is 2. The smallest absolute Gasteiger partial charge is 0.508 e. The molecule has 2 nitrogen and oxygen atoms in total. The number of aryl methyl sites for hydroxylation is 1. The number of hydrogen-bond donors (Lipinski definition) is 1. The second-order valence-electron chi connectivity index (χ2n) is 2.62. The number of phenolic OH excluding ortho intramolecular Hbond substituents is 1. The van der Waals surface area contributed by atoms with E-state index in [0.29, 0.717) is 6.07 Å². The van der Waals surface area contributed by atoms with Crippen molar-refractivity contribution in [3.05, 3.63) is 23.5 Å². The first-order valence-electron chi connectivity index (χ1n) is 3.54. The molecule has 0 aromatic heterocycles. The Labute approximate surface area is 76.7 Å². The average molecular weight is 210 g/mol. The summed E-state index contributed by atoms with van der Waals surface area (Å²) < 4.78 is 51.3. The van der Waals surface area contributed by atoms with Gasteiger partial charge in [-0.15, -0.1) is 13.2 Å². The molecular weight excluding hydrogens is 204 g/mol. The molecule has 0 atom stereocenters. The maximum absolute atomic E-state index is 12.8. The largest absolute Gasteiger partial charge is 0.573 e. The third-order valence-corrected chi connectivity index (χ3v) is 1.48. The highest BCUT2D eigenvalue weighted by atomic mass is 19.4. The van der Waals surface area contributed by atoms with Crippen LogP contribution in [0.3, 0.4) is 0 Å². The van der Waals surface area contributed by atoms with E-state index in [9.17, 15) is 17.6 Å². The molecule has 1 aromatic carbocycles. The van der Waals surface area contributed by atoms with Gasteiger partial charge in [-0.05, 0) is 18.6 Å². The third-order valence-electron chi connectivity index (χ3n) is 1.48. The summed E-state index contributed by atoms with van der Waals surface area (Å²) in [6.45, 7) is 1.33. The van der Waals surface area contributed by atoms with Gasteiger partial charge in [0.2, 0.25) is 0 Å². The van der Waals surface area contributed by atoms with Crippen LogP contribution in [0.4, 0.5) is 17.6 Å². The molecular formula is C8H6F4O2. The fourth-order valence-electron chi connectivity index (χ4n) is 0.847. The summed E-state index contributed by atoms with van der Waals surface area (Å²) in [6, 6.07) is 1.34. The summed E-state index contributed by atoms with van der Waals surface area (Å²) in [7, 11) is 0. The molecule has 0 aliphatic heterocycles. The molecule has 0 radical (unpaired) electrons. The highest BCUT2D eigenvalue weighted by molar-refractivity contribution is 5.39. The minimum absolute atomic E-state index is 0.102. The van der Waals surface area contributed by atoms with E-state index >= 15 is 0 Å². The molecule has 1 aromatic rings. The Kier molecular flexibility index (Phi) is 2.55. The van der Waals surface area contributed by atoms with Gasteiger partial charge in [0.1, 0.15) is 5.75 Å². The van der Waals surface area contributed by atoms with Crippen LogP contribution in [0, 0.1) is 12.7 Å². The second-order valence-corrected chi connectivity index (χ2v) is 2.62. The van der Waals surface area contributed by atoms with Crippen molar-refractivity contribution in [2.45, 2.75) is 13.3 Å². The van der Waals surface area contributed by atoms with Crippen LogP contribution >= 0.6 is 0 Å². The molecule has 1 N–H and O–H groups in total. The van der Waals surface area contributed by atoms with Crippen LogP contribution in [0.1, 0.15) is 5.56 Å². The lowest BCUT2D eigenvalue weighted by molar-refractivity contribution is -0.275. The molecule has 0 saturated heterocycles. The molecule has 1 rings (SSSR count). The molecule has 6 heteroatoms. The molecule has 78 valence electrons. The quantitative estimate of drug-likeness (QED) is 0.722. The lowest BCUT2D eigenvalue weighted by atomic mass is 10.2. The number of ether oxygens (including phenoxy) is 1. The van der Waals surface area contributed by atoms with Crippen molar-refractivity contribution in [2.75, 3.05) is 0 Å². The van der Waals surface area contributed by atoms with E-state index in [1.54, 1.807) is 0 Å². The molecule has 0 aliphatic carbocycles. The highest BCUT2D eigenvalue weighted by Gasteiger charge is 2.32. The van der Waals surface area contributed by atoms with Gasteiger partial charge in [0, 0.05) is 6.07 Å². The van der Waals surface area contributed by atoms with Crippen LogP contribution < -0.4 is 4.74 Å². The van der Waals surface area contributed by atoms with E-state index in [-0.39, 0.29) is 5.56 Å². The maximum atomic E-state index is 12.8. The standard InChI is InChI=1S/C8H6F4O2/c1-4-2-7(14-8(10,11)12)5(9)3-6(4)13/h2-3,13H,1H3. The fraction of sp³-hybridized carbons (Fsp3) is 0.250. The predicted molar refractivity (Wildman–Crippen MR) is 39.5 cm³/mol. The first-order chi connectivity index (χ1) is 6.29. The predicted octanol–water partition coefficient (Wildman–Crippen LogP) is 2.74. The monoisotopic (exact) mass is 210 g/mol. The number of benzene rings is 1. The van der Waals surface area contributed by atoms with Crippen LogP contribution in [0.25, 0.3) is 0 Å². The molecule has 0 unspecified atom stereocenters. The fourth-order valence-corrected chi connectivity index (χ4v) is 0.847. The van der Waals surface area contributed by atoms with Crippen molar-refractivity contribution in [1.82, 2.24) is 0 Å². The number of aromatic hydroxyl groups is 1.